The van der Waals surface area contributed by atoms with E-state index in [1.54, 1.807) is 26.0 Å². The predicted octanol–water partition coefficient (Wildman–Crippen LogP) is 1.55. The minimum Gasteiger partial charge on any atom is -0.508 e. The summed E-state index contributed by atoms with van der Waals surface area (Å²) in [6, 6.07) is 6.45. The lowest BCUT2D eigenvalue weighted by Gasteiger charge is -2.17. The van der Waals surface area contributed by atoms with Crippen LogP contribution in [-0.2, 0) is 16.6 Å². The van der Waals surface area contributed by atoms with Crippen molar-refractivity contribution < 1.29 is 13.5 Å². The van der Waals surface area contributed by atoms with Gasteiger partial charge < -0.3 is 5.11 Å². The summed E-state index contributed by atoms with van der Waals surface area (Å²) >= 11 is 0. The van der Waals surface area contributed by atoms with E-state index in [0.29, 0.717) is 11.4 Å². The number of benzene rings is 1. The topological polar surface area (TPSA) is 86.3 Å². The van der Waals surface area contributed by atoms with Crippen LogP contribution in [0.25, 0.3) is 0 Å². The molecule has 7 heteroatoms. The number of nitrogens with zero attached hydrogens (tertiary/aromatic N) is 2. The number of H-pyrrole nitrogens is 1. The maximum atomic E-state index is 12.5. The molecule has 0 aliphatic rings. The van der Waals surface area contributed by atoms with Crippen LogP contribution >= 0.6 is 0 Å². The Morgan fingerprint density at radius 1 is 1.25 bits per heavy atom. The van der Waals surface area contributed by atoms with Crippen molar-refractivity contribution in [2.45, 2.75) is 25.3 Å². The second-order valence-corrected chi connectivity index (χ2v) is 6.67. The Bertz CT molecular complexity index is 685. The molecule has 20 heavy (non-hydrogen) atoms. The van der Waals surface area contributed by atoms with E-state index in [-0.39, 0.29) is 17.2 Å². The highest BCUT2D eigenvalue weighted by Crippen LogP contribution is 2.22. The molecule has 1 aromatic heterocycles. The van der Waals surface area contributed by atoms with Gasteiger partial charge in [0.15, 0.2) is 0 Å². The quantitative estimate of drug-likeness (QED) is 0.896. The summed E-state index contributed by atoms with van der Waals surface area (Å²) in [6.07, 6.45) is 0. The molecule has 0 radical (unpaired) electrons. The Kier molecular flexibility index (Phi) is 3.82. The summed E-state index contributed by atoms with van der Waals surface area (Å²) in [4.78, 5) is 0.221. The lowest BCUT2D eigenvalue weighted by molar-refractivity contribution is 0.463. The summed E-state index contributed by atoms with van der Waals surface area (Å²) in [5.41, 5.74) is 1.78. The van der Waals surface area contributed by atoms with E-state index in [9.17, 15) is 13.5 Å². The van der Waals surface area contributed by atoms with Gasteiger partial charge in [-0.3, -0.25) is 5.10 Å². The molecule has 2 N–H and O–H groups in total. The van der Waals surface area contributed by atoms with Gasteiger partial charge in [-0.2, -0.15) is 9.40 Å². The molecule has 0 atom stereocenters. The molecule has 0 saturated heterocycles. The predicted molar refractivity (Wildman–Crippen MR) is 74.8 cm³/mol. The van der Waals surface area contributed by atoms with Gasteiger partial charge in [0.25, 0.3) is 0 Å². The fourth-order valence-corrected chi connectivity index (χ4v) is 3.50. The van der Waals surface area contributed by atoms with Crippen LogP contribution in [0.1, 0.15) is 17.0 Å². The molecular formula is C13H17N3O3S. The molecule has 0 unspecified atom stereocenters. The van der Waals surface area contributed by atoms with E-state index >= 15 is 0 Å². The number of aromatic amines is 1. The first-order chi connectivity index (χ1) is 9.32. The first kappa shape index (κ1) is 14.5. The first-order valence-corrected chi connectivity index (χ1v) is 7.52. The molecule has 1 aromatic carbocycles. The number of aromatic nitrogens is 2. The van der Waals surface area contributed by atoms with Crippen LogP contribution in [-0.4, -0.2) is 35.1 Å². The van der Waals surface area contributed by atoms with Crippen molar-refractivity contribution in [3.8, 4) is 5.75 Å². The molecule has 2 aromatic rings. The Hall–Kier alpha value is -1.86. The number of hydrogen-bond acceptors (Lipinski definition) is 4. The number of phenolic OH excluding ortho intramolecular Hbond substituents is 1. The molecule has 0 saturated carbocycles. The summed E-state index contributed by atoms with van der Waals surface area (Å²) < 4.78 is 26.3. The summed E-state index contributed by atoms with van der Waals surface area (Å²) in [5.74, 6) is 0.154. The highest BCUT2D eigenvalue weighted by molar-refractivity contribution is 7.89. The number of phenols is 1. The summed E-state index contributed by atoms with van der Waals surface area (Å²) in [7, 11) is -2.07. The van der Waals surface area contributed by atoms with Crippen molar-refractivity contribution in [1.29, 1.82) is 0 Å². The van der Waals surface area contributed by atoms with E-state index in [0.717, 1.165) is 5.56 Å². The molecule has 2 rings (SSSR count). The first-order valence-electron chi connectivity index (χ1n) is 6.08. The van der Waals surface area contributed by atoms with Gasteiger partial charge >= 0.3 is 0 Å². The van der Waals surface area contributed by atoms with Gasteiger partial charge in [-0.05, 0) is 31.5 Å². The zero-order chi connectivity index (χ0) is 14.9. The highest BCUT2D eigenvalue weighted by Gasteiger charge is 2.26. The Balaban J connectivity index is 2.28. The monoisotopic (exact) mass is 295 g/mol. The number of aromatic hydroxyl groups is 1. The summed E-state index contributed by atoms with van der Waals surface area (Å²) in [6.45, 7) is 3.57. The second kappa shape index (κ2) is 5.26. The van der Waals surface area contributed by atoms with Gasteiger partial charge in [0.05, 0.1) is 11.4 Å². The lowest BCUT2D eigenvalue weighted by Crippen LogP contribution is -2.27. The molecule has 0 bridgehead atoms. The average Bonchev–Trinajstić information content (AvgIpc) is 2.72. The van der Waals surface area contributed by atoms with Crippen LogP contribution in [0.15, 0.2) is 29.2 Å². The van der Waals surface area contributed by atoms with Crippen LogP contribution in [0.2, 0.25) is 0 Å². The van der Waals surface area contributed by atoms with Crippen molar-refractivity contribution in [2.75, 3.05) is 7.05 Å². The van der Waals surface area contributed by atoms with E-state index in [1.807, 2.05) is 0 Å². The molecule has 6 nitrogen and oxygen atoms in total. The van der Waals surface area contributed by atoms with Gasteiger partial charge in [-0.1, -0.05) is 12.1 Å². The Labute approximate surface area is 118 Å². The second-order valence-electron chi connectivity index (χ2n) is 4.69. The third kappa shape index (κ3) is 2.68. The fourth-order valence-electron chi connectivity index (χ4n) is 2.02. The minimum absolute atomic E-state index is 0.154. The third-order valence-electron chi connectivity index (χ3n) is 3.07. The van der Waals surface area contributed by atoms with Crippen molar-refractivity contribution in [2.24, 2.45) is 0 Å². The SMILES string of the molecule is Cc1n[nH]c(C)c1S(=O)(=O)N(C)Cc1ccc(O)cc1. The van der Waals surface area contributed by atoms with Crippen molar-refractivity contribution in [1.82, 2.24) is 14.5 Å². The summed E-state index contributed by atoms with van der Waals surface area (Å²) in [5, 5.41) is 15.8. The van der Waals surface area contributed by atoms with Crippen molar-refractivity contribution >= 4 is 10.0 Å². The standard InChI is InChI=1S/C13H17N3O3S/c1-9-13(10(2)15-14-9)20(18,19)16(3)8-11-4-6-12(17)7-5-11/h4-7,17H,8H2,1-3H3,(H,14,15). The molecule has 0 spiro atoms. The molecule has 0 aliphatic carbocycles. The van der Waals surface area contributed by atoms with Gasteiger partial charge in [0.2, 0.25) is 10.0 Å². The number of hydrogen-bond donors (Lipinski definition) is 2. The average molecular weight is 295 g/mol. The van der Waals surface area contributed by atoms with Crippen LogP contribution < -0.4 is 0 Å². The normalized spacial score (nSPS) is 12.0. The van der Waals surface area contributed by atoms with Crippen LogP contribution in [0.4, 0.5) is 0 Å². The third-order valence-corrected chi connectivity index (χ3v) is 5.14. The molecular weight excluding hydrogens is 278 g/mol. The minimum atomic E-state index is -3.59. The maximum Gasteiger partial charge on any atom is 0.246 e. The largest absolute Gasteiger partial charge is 0.508 e. The zero-order valence-electron chi connectivity index (χ0n) is 11.6. The number of rotatable bonds is 4. The van der Waals surface area contributed by atoms with Crippen LogP contribution in [0.5, 0.6) is 5.75 Å². The van der Waals surface area contributed by atoms with E-state index in [4.69, 9.17) is 0 Å². The van der Waals surface area contributed by atoms with Gasteiger partial charge in [0, 0.05) is 13.6 Å². The smallest absolute Gasteiger partial charge is 0.246 e. The number of aryl methyl sites for hydroxylation is 2. The Morgan fingerprint density at radius 2 is 1.85 bits per heavy atom. The maximum absolute atomic E-state index is 12.5. The molecule has 1 heterocycles. The van der Waals surface area contributed by atoms with E-state index in [2.05, 4.69) is 10.2 Å². The number of nitrogens with one attached hydrogen (secondary N) is 1. The van der Waals surface area contributed by atoms with Crippen molar-refractivity contribution in [3.05, 3.63) is 41.2 Å². The van der Waals surface area contributed by atoms with Crippen molar-refractivity contribution in [3.63, 3.8) is 0 Å². The van der Waals surface area contributed by atoms with Gasteiger partial charge in [-0.25, -0.2) is 8.42 Å². The van der Waals surface area contributed by atoms with Gasteiger partial charge in [0.1, 0.15) is 10.6 Å². The molecule has 0 aliphatic heterocycles. The fraction of sp³-hybridized carbons (Fsp3) is 0.308. The van der Waals surface area contributed by atoms with E-state index in [1.165, 1.54) is 23.5 Å². The number of sulfonamides is 1. The highest BCUT2D eigenvalue weighted by atomic mass is 32.2. The lowest BCUT2D eigenvalue weighted by atomic mass is 10.2. The molecule has 108 valence electrons. The van der Waals surface area contributed by atoms with E-state index < -0.39 is 10.0 Å². The van der Waals surface area contributed by atoms with Crippen LogP contribution in [0, 0.1) is 13.8 Å². The molecule has 0 amide bonds. The van der Waals surface area contributed by atoms with Gasteiger partial charge in [-0.15, -0.1) is 0 Å². The Morgan fingerprint density at radius 3 is 2.35 bits per heavy atom. The van der Waals surface area contributed by atoms with Crippen LogP contribution in [0.3, 0.4) is 0 Å². The zero-order valence-corrected chi connectivity index (χ0v) is 12.4. The molecule has 0 fully saturated rings.